The second kappa shape index (κ2) is 10.7. The molecule has 26 heavy (non-hydrogen) atoms. The summed E-state index contributed by atoms with van der Waals surface area (Å²) in [7, 11) is 4.97. The van der Waals surface area contributed by atoms with Crippen molar-refractivity contribution < 1.29 is 14.2 Å². The normalized spacial score (nSPS) is 13.2. The molecule has 0 amide bonds. The second-order valence-corrected chi connectivity index (χ2v) is 6.93. The van der Waals surface area contributed by atoms with Gasteiger partial charge in [-0.25, -0.2) is 0 Å². The summed E-state index contributed by atoms with van der Waals surface area (Å²) < 4.78 is 17.1. The molecule has 1 unspecified atom stereocenters. The maximum Gasteiger partial charge on any atom is 0.289 e. The van der Waals surface area contributed by atoms with E-state index < -0.39 is 5.97 Å². The smallest absolute Gasteiger partial charge is 0.289 e. The first-order valence-electron chi connectivity index (χ1n) is 9.85. The Balaban J connectivity index is 2.20. The van der Waals surface area contributed by atoms with E-state index >= 15 is 0 Å². The predicted molar refractivity (Wildman–Crippen MR) is 108 cm³/mol. The van der Waals surface area contributed by atoms with Crippen LogP contribution in [0.1, 0.15) is 63.4 Å². The van der Waals surface area contributed by atoms with Crippen LogP contribution in [0.5, 0.6) is 0 Å². The van der Waals surface area contributed by atoms with Crippen LogP contribution >= 0.6 is 0 Å². The highest BCUT2D eigenvalue weighted by molar-refractivity contribution is 5.83. The lowest BCUT2D eigenvalue weighted by molar-refractivity contribution is -0.365. The molecule has 0 spiro atoms. The molecule has 2 rings (SSSR count). The molecule has 0 aliphatic heterocycles. The van der Waals surface area contributed by atoms with E-state index in [-0.39, 0.29) is 5.92 Å². The summed E-state index contributed by atoms with van der Waals surface area (Å²) in [6.07, 6.45) is 8.56. The fourth-order valence-electron chi connectivity index (χ4n) is 3.78. The summed E-state index contributed by atoms with van der Waals surface area (Å²) >= 11 is 0. The zero-order valence-electron chi connectivity index (χ0n) is 16.8. The van der Waals surface area contributed by atoms with Crippen LogP contribution in [0.4, 0.5) is 0 Å². The minimum atomic E-state index is -1.05. The lowest BCUT2D eigenvalue weighted by Crippen LogP contribution is -2.42. The monoisotopic (exact) mass is 358 g/mol. The molecule has 0 bridgehead atoms. The van der Waals surface area contributed by atoms with Crippen molar-refractivity contribution in [2.24, 2.45) is 0 Å². The van der Waals surface area contributed by atoms with Gasteiger partial charge in [0.1, 0.15) is 0 Å². The quantitative estimate of drug-likeness (QED) is 0.331. The van der Waals surface area contributed by atoms with Gasteiger partial charge in [-0.15, -0.1) is 0 Å². The zero-order valence-corrected chi connectivity index (χ0v) is 16.8. The number of ether oxygens (including phenoxy) is 3. The average molecular weight is 359 g/mol. The van der Waals surface area contributed by atoms with Gasteiger partial charge in [0.15, 0.2) is 0 Å². The number of methoxy groups -OCH3 is 3. The van der Waals surface area contributed by atoms with Crippen LogP contribution in [0.3, 0.4) is 0 Å². The maximum atomic E-state index is 5.72. The van der Waals surface area contributed by atoms with Gasteiger partial charge in [0.25, 0.3) is 5.97 Å². The van der Waals surface area contributed by atoms with E-state index in [0.29, 0.717) is 0 Å². The lowest BCUT2D eigenvalue weighted by atomic mass is 9.89. The van der Waals surface area contributed by atoms with Gasteiger partial charge in [0, 0.05) is 21.3 Å². The van der Waals surface area contributed by atoms with Gasteiger partial charge in [-0.3, -0.25) is 0 Å². The second-order valence-electron chi connectivity index (χ2n) is 6.93. The molecule has 0 radical (unpaired) electrons. The predicted octanol–water partition coefficient (Wildman–Crippen LogP) is 6.27. The SMILES string of the molecule is CCCCCCCCC(c1ccc2ccccc2c1)C(OC)(OC)OC. The van der Waals surface area contributed by atoms with E-state index in [4.69, 9.17) is 14.2 Å². The van der Waals surface area contributed by atoms with Gasteiger partial charge in [-0.1, -0.05) is 87.9 Å². The highest BCUT2D eigenvalue weighted by atomic mass is 16.9. The van der Waals surface area contributed by atoms with Crippen molar-refractivity contribution in [2.75, 3.05) is 21.3 Å². The Hall–Kier alpha value is -1.42. The van der Waals surface area contributed by atoms with Crippen LogP contribution in [0.25, 0.3) is 10.8 Å². The van der Waals surface area contributed by atoms with Crippen molar-refractivity contribution >= 4 is 10.8 Å². The van der Waals surface area contributed by atoms with E-state index in [1.165, 1.54) is 48.4 Å². The highest BCUT2D eigenvalue weighted by Gasteiger charge is 2.40. The Labute approximate surface area is 158 Å². The van der Waals surface area contributed by atoms with E-state index in [9.17, 15) is 0 Å². The number of rotatable bonds is 12. The summed E-state index contributed by atoms with van der Waals surface area (Å²) in [6.45, 7) is 2.25. The summed E-state index contributed by atoms with van der Waals surface area (Å²) in [5.74, 6) is -1.02. The van der Waals surface area contributed by atoms with Gasteiger partial charge >= 0.3 is 0 Å². The molecule has 0 aliphatic rings. The summed E-state index contributed by atoms with van der Waals surface area (Å²) in [4.78, 5) is 0. The van der Waals surface area contributed by atoms with Gasteiger partial charge in [-0.05, 0) is 22.8 Å². The van der Waals surface area contributed by atoms with Gasteiger partial charge < -0.3 is 14.2 Å². The minimum absolute atomic E-state index is 0.0262. The van der Waals surface area contributed by atoms with Crippen molar-refractivity contribution in [3.63, 3.8) is 0 Å². The Kier molecular flexibility index (Phi) is 8.56. The molecule has 0 heterocycles. The zero-order chi connectivity index (χ0) is 18.8. The first-order valence-corrected chi connectivity index (χ1v) is 9.85. The molecule has 3 heteroatoms. The van der Waals surface area contributed by atoms with Crippen LogP contribution in [0.15, 0.2) is 42.5 Å². The molecule has 144 valence electrons. The van der Waals surface area contributed by atoms with Gasteiger partial charge in [-0.2, -0.15) is 0 Å². The molecule has 0 aromatic heterocycles. The number of fused-ring (bicyclic) bond motifs is 1. The van der Waals surface area contributed by atoms with Crippen LogP contribution < -0.4 is 0 Å². The highest BCUT2D eigenvalue weighted by Crippen LogP contribution is 2.38. The van der Waals surface area contributed by atoms with Crippen LogP contribution in [-0.4, -0.2) is 27.3 Å². The van der Waals surface area contributed by atoms with Crippen molar-refractivity contribution in [2.45, 2.75) is 63.8 Å². The molecule has 0 saturated carbocycles. The average Bonchev–Trinajstić information content (AvgIpc) is 2.70. The maximum absolute atomic E-state index is 5.72. The number of benzene rings is 2. The molecule has 0 N–H and O–H groups in total. The Morgan fingerprint density at radius 3 is 2.04 bits per heavy atom. The molecule has 0 fully saturated rings. The van der Waals surface area contributed by atoms with Crippen LogP contribution in [0.2, 0.25) is 0 Å². The van der Waals surface area contributed by atoms with Crippen molar-refractivity contribution in [3.05, 3.63) is 48.0 Å². The first-order chi connectivity index (χ1) is 12.7. The molecule has 2 aromatic carbocycles. The van der Waals surface area contributed by atoms with Crippen molar-refractivity contribution in [1.29, 1.82) is 0 Å². The summed E-state index contributed by atoms with van der Waals surface area (Å²) in [6, 6.07) is 15.0. The Morgan fingerprint density at radius 1 is 0.769 bits per heavy atom. The Morgan fingerprint density at radius 2 is 1.38 bits per heavy atom. The van der Waals surface area contributed by atoms with E-state index in [1.807, 2.05) is 0 Å². The molecule has 0 saturated heterocycles. The molecule has 2 aromatic rings. The third kappa shape index (κ3) is 5.06. The van der Waals surface area contributed by atoms with Crippen molar-refractivity contribution in [3.8, 4) is 0 Å². The van der Waals surface area contributed by atoms with Crippen LogP contribution in [0, 0.1) is 0 Å². The van der Waals surface area contributed by atoms with E-state index in [0.717, 1.165) is 12.8 Å². The van der Waals surface area contributed by atoms with E-state index in [2.05, 4.69) is 49.4 Å². The van der Waals surface area contributed by atoms with E-state index in [1.54, 1.807) is 21.3 Å². The Bertz CT molecular complexity index is 640. The fourth-order valence-corrected chi connectivity index (χ4v) is 3.78. The largest absolute Gasteiger partial charge is 0.330 e. The standard InChI is InChI=1S/C23H34O3/c1-5-6-7-8-9-10-15-22(23(24-2,25-3)26-4)21-17-16-19-13-11-12-14-20(19)18-21/h11-14,16-18,22H,5-10,15H2,1-4H3. The first kappa shape index (κ1) is 20.9. The van der Waals surface area contributed by atoms with Gasteiger partial charge in [0.2, 0.25) is 0 Å². The van der Waals surface area contributed by atoms with Crippen molar-refractivity contribution in [1.82, 2.24) is 0 Å². The number of unbranched alkanes of at least 4 members (excludes halogenated alkanes) is 5. The lowest BCUT2D eigenvalue weighted by Gasteiger charge is -2.37. The fraction of sp³-hybridized carbons (Fsp3) is 0.565. The topological polar surface area (TPSA) is 27.7 Å². The summed E-state index contributed by atoms with van der Waals surface area (Å²) in [5, 5.41) is 2.47. The number of hydrogen-bond acceptors (Lipinski definition) is 3. The molecular formula is C23H34O3. The third-order valence-electron chi connectivity index (χ3n) is 5.30. The summed E-state index contributed by atoms with van der Waals surface area (Å²) in [5.41, 5.74) is 1.20. The molecular weight excluding hydrogens is 324 g/mol. The number of hydrogen-bond donors (Lipinski definition) is 0. The van der Waals surface area contributed by atoms with Gasteiger partial charge in [0.05, 0.1) is 5.92 Å². The third-order valence-corrected chi connectivity index (χ3v) is 5.30. The van der Waals surface area contributed by atoms with Crippen LogP contribution in [-0.2, 0) is 14.2 Å². The molecule has 1 atom stereocenters. The minimum Gasteiger partial charge on any atom is -0.330 e. The molecule has 0 aliphatic carbocycles. The molecule has 3 nitrogen and oxygen atoms in total.